The molecule has 0 aromatic heterocycles. The van der Waals surface area contributed by atoms with Crippen LogP contribution in [-0.4, -0.2) is 39.0 Å². The minimum atomic E-state index is 0.472. The molecule has 1 fully saturated rings. The predicted octanol–water partition coefficient (Wildman–Crippen LogP) is 1.96. The molecule has 3 nitrogen and oxygen atoms in total. The van der Waals surface area contributed by atoms with Gasteiger partial charge in [0.2, 0.25) is 0 Å². The standard InChI is InChI=1S/C12H25NO2/c1-3-8-13-11-4-6-12(7-5-11)15-10-9-14-2/h11-13H,3-10H2,1-2H3. The molecule has 0 amide bonds. The molecule has 90 valence electrons. The van der Waals surface area contributed by atoms with Gasteiger partial charge in [0.1, 0.15) is 0 Å². The highest BCUT2D eigenvalue weighted by Gasteiger charge is 2.20. The Hall–Kier alpha value is -0.120. The van der Waals surface area contributed by atoms with Crippen molar-refractivity contribution in [3.8, 4) is 0 Å². The van der Waals surface area contributed by atoms with Crippen LogP contribution in [-0.2, 0) is 9.47 Å². The van der Waals surface area contributed by atoms with Crippen LogP contribution in [0, 0.1) is 0 Å². The van der Waals surface area contributed by atoms with Crippen LogP contribution in [0.15, 0.2) is 0 Å². The van der Waals surface area contributed by atoms with Crippen LogP contribution in [0.25, 0.3) is 0 Å². The summed E-state index contributed by atoms with van der Waals surface area (Å²) in [5.41, 5.74) is 0. The van der Waals surface area contributed by atoms with Gasteiger partial charge in [0.05, 0.1) is 19.3 Å². The van der Waals surface area contributed by atoms with E-state index in [1.165, 1.54) is 32.1 Å². The molecule has 0 saturated heterocycles. The van der Waals surface area contributed by atoms with Crippen LogP contribution in [0.2, 0.25) is 0 Å². The third-order valence-corrected chi connectivity index (χ3v) is 3.00. The summed E-state index contributed by atoms with van der Waals surface area (Å²) in [6.45, 7) is 4.83. The summed E-state index contributed by atoms with van der Waals surface area (Å²) in [4.78, 5) is 0. The largest absolute Gasteiger partial charge is 0.382 e. The van der Waals surface area contributed by atoms with Gasteiger partial charge in [0, 0.05) is 13.2 Å². The van der Waals surface area contributed by atoms with Crippen molar-refractivity contribution in [3.63, 3.8) is 0 Å². The molecule has 0 heterocycles. The van der Waals surface area contributed by atoms with Gasteiger partial charge >= 0.3 is 0 Å². The van der Waals surface area contributed by atoms with E-state index in [9.17, 15) is 0 Å². The van der Waals surface area contributed by atoms with E-state index in [4.69, 9.17) is 9.47 Å². The number of methoxy groups -OCH3 is 1. The quantitative estimate of drug-likeness (QED) is 0.659. The lowest BCUT2D eigenvalue weighted by Gasteiger charge is -2.29. The normalized spacial score (nSPS) is 26.8. The molecule has 1 N–H and O–H groups in total. The molecule has 0 radical (unpaired) electrons. The highest BCUT2D eigenvalue weighted by molar-refractivity contribution is 4.77. The molecule has 1 aliphatic carbocycles. The topological polar surface area (TPSA) is 30.5 Å². The first kappa shape index (κ1) is 12.9. The number of rotatable bonds is 7. The van der Waals surface area contributed by atoms with E-state index in [2.05, 4.69) is 12.2 Å². The zero-order valence-corrected chi connectivity index (χ0v) is 10.1. The molecule has 0 spiro atoms. The molecule has 1 saturated carbocycles. The van der Waals surface area contributed by atoms with Crippen molar-refractivity contribution >= 4 is 0 Å². The second kappa shape index (κ2) is 8.08. The maximum absolute atomic E-state index is 5.72. The zero-order chi connectivity index (χ0) is 10.9. The molecule has 0 atom stereocenters. The van der Waals surface area contributed by atoms with Gasteiger partial charge < -0.3 is 14.8 Å². The molecule has 1 aliphatic rings. The number of ether oxygens (including phenoxy) is 2. The van der Waals surface area contributed by atoms with Crippen molar-refractivity contribution in [2.75, 3.05) is 26.9 Å². The van der Waals surface area contributed by atoms with Crippen molar-refractivity contribution < 1.29 is 9.47 Å². The van der Waals surface area contributed by atoms with Gasteiger partial charge in [-0.3, -0.25) is 0 Å². The summed E-state index contributed by atoms with van der Waals surface area (Å²) >= 11 is 0. The Morgan fingerprint density at radius 2 is 1.87 bits per heavy atom. The SMILES string of the molecule is CCCNC1CCC(OCCOC)CC1. The first-order valence-corrected chi connectivity index (χ1v) is 6.20. The van der Waals surface area contributed by atoms with Gasteiger partial charge in [0.15, 0.2) is 0 Å². The summed E-state index contributed by atoms with van der Waals surface area (Å²) in [5, 5.41) is 3.58. The zero-order valence-electron chi connectivity index (χ0n) is 10.1. The van der Waals surface area contributed by atoms with Gasteiger partial charge in [-0.25, -0.2) is 0 Å². The molecular formula is C12H25NO2. The minimum absolute atomic E-state index is 0.472. The van der Waals surface area contributed by atoms with E-state index >= 15 is 0 Å². The summed E-state index contributed by atoms with van der Waals surface area (Å²) in [6.07, 6.45) is 6.62. The molecule has 0 bridgehead atoms. The van der Waals surface area contributed by atoms with Gasteiger partial charge in [-0.05, 0) is 38.6 Å². The van der Waals surface area contributed by atoms with Crippen molar-refractivity contribution in [1.82, 2.24) is 5.32 Å². The third-order valence-electron chi connectivity index (χ3n) is 3.00. The van der Waals surface area contributed by atoms with Crippen LogP contribution in [0.5, 0.6) is 0 Å². The summed E-state index contributed by atoms with van der Waals surface area (Å²) in [7, 11) is 1.72. The number of nitrogens with one attached hydrogen (secondary N) is 1. The van der Waals surface area contributed by atoms with Crippen molar-refractivity contribution in [2.45, 2.75) is 51.2 Å². The molecule has 0 aromatic rings. The lowest BCUT2D eigenvalue weighted by Crippen LogP contribution is -2.36. The Kier molecular flexibility index (Phi) is 6.98. The van der Waals surface area contributed by atoms with E-state index in [0.29, 0.717) is 12.7 Å². The highest BCUT2D eigenvalue weighted by atomic mass is 16.5. The van der Waals surface area contributed by atoms with Crippen LogP contribution in [0.1, 0.15) is 39.0 Å². The molecule has 0 aliphatic heterocycles. The first-order valence-electron chi connectivity index (χ1n) is 6.20. The minimum Gasteiger partial charge on any atom is -0.382 e. The highest BCUT2D eigenvalue weighted by Crippen LogP contribution is 2.21. The van der Waals surface area contributed by atoms with Crippen LogP contribution in [0.3, 0.4) is 0 Å². The van der Waals surface area contributed by atoms with Gasteiger partial charge in [0.25, 0.3) is 0 Å². The van der Waals surface area contributed by atoms with Crippen molar-refractivity contribution in [1.29, 1.82) is 0 Å². The molecular weight excluding hydrogens is 190 g/mol. The van der Waals surface area contributed by atoms with Crippen molar-refractivity contribution in [3.05, 3.63) is 0 Å². The molecule has 0 unspecified atom stereocenters. The first-order chi connectivity index (χ1) is 7.36. The Balaban J connectivity index is 2.02. The van der Waals surface area contributed by atoms with E-state index < -0.39 is 0 Å². The Labute approximate surface area is 93.5 Å². The lowest BCUT2D eigenvalue weighted by molar-refractivity contribution is -0.00421. The van der Waals surface area contributed by atoms with Crippen LogP contribution < -0.4 is 5.32 Å². The van der Waals surface area contributed by atoms with Crippen LogP contribution in [0.4, 0.5) is 0 Å². The fourth-order valence-corrected chi connectivity index (χ4v) is 2.08. The van der Waals surface area contributed by atoms with E-state index in [0.717, 1.165) is 19.2 Å². The summed E-state index contributed by atoms with van der Waals surface area (Å²) < 4.78 is 10.7. The van der Waals surface area contributed by atoms with E-state index in [1.807, 2.05) is 0 Å². The molecule has 15 heavy (non-hydrogen) atoms. The van der Waals surface area contributed by atoms with E-state index in [1.54, 1.807) is 7.11 Å². The molecule has 0 aromatic carbocycles. The van der Waals surface area contributed by atoms with Gasteiger partial charge in [-0.2, -0.15) is 0 Å². The van der Waals surface area contributed by atoms with Crippen molar-refractivity contribution in [2.24, 2.45) is 0 Å². The second-order valence-corrected chi connectivity index (χ2v) is 4.29. The van der Waals surface area contributed by atoms with E-state index in [-0.39, 0.29) is 0 Å². The third kappa shape index (κ3) is 5.50. The molecule has 3 heteroatoms. The Morgan fingerprint density at radius 1 is 1.13 bits per heavy atom. The predicted molar refractivity (Wildman–Crippen MR) is 62.2 cm³/mol. The van der Waals surface area contributed by atoms with Gasteiger partial charge in [-0.15, -0.1) is 0 Å². The Morgan fingerprint density at radius 3 is 2.47 bits per heavy atom. The maximum atomic E-state index is 5.72. The number of hydrogen-bond donors (Lipinski definition) is 1. The Bertz CT molecular complexity index is 145. The molecule has 1 rings (SSSR count). The maximum Gasteiger partial charge on any atom is 0.0704 e. The average Bonchev–Trinajstić information content (AvgIpc) is 2.28. The number of hydrogen-bond acceptors (Lipinski definition) is 3. The fraction of sp³-hybridized carbons (Fsp3) is 1.00. The summed E-state index contributed by atoms with van der Waals surface area (Å²) in [6, 6.07) is 0.729. The second-order valence-electron chi connectivity index (χ2n) is 4.29. The average molecular weight is 215 g/mol. The lowest BCUT2D eigenvalue weighted by atomic mass is 9.93. The van der Waals surface area contributed by atoms with Crippen LogP contribution >= 0.6 is 0 Å². The fourth-order valence-electron chi connectivity index (χ4n) is 2.08. The monoisotopic (exact) mass is 215 g/mol. The smallest absolute Gasteiger partial charge is 0.0704 e. The van der Waals surface area contributed by atoms with Gasteiger partial charge in [-0.1, -0.05) is 6.92 Å². The summed E-state index contributed by atoms with van der Waals surface area (Å²) in [5.74, 6) is 0.